The van der Waals surface area contributed by atoms with Gasteiger partial charge in [0.2, 0.25) is 0 Å². The maximum absolute atomic E-state index is 11.8. The highest BCUT2D eigenvalue weighted by Gasteiger charge is 2.05. The molecule has 0 saturated carbocycles. The van der Waals surface area contributed by atoms with Crippen molar-refractivity contribution in [2.75, 3.05) is 0 Å². The minimum Gasteiger partial charge on any atom is -0.507 e. The number of hydrazone groups is 1. The molecule has 1 amide bonds. The largest absolute Gasteiger partial charge is 0.507 e. The van der Waals surface area contributed by atoms with Crippen molar-refractivity contribution in [1.82, 2.24) is 5.43 Å². The van der Waals surface area contributed by atoms with Gasteiger partial charge in [0.15, 0.2) is 0 Å². The van der Waals surface area contributed by atoms with Crippen molar-refractivity contribution in [2.45, 2.75) is 6.92 Å². The van der Waals surface area contributed by atoms with Crippen LogP contribution in [0.25, 0.3) is 0 Å². The molecule has 2 N–H and O–H groups in total. The van der Waals surface area contributed by atoms with Crippen LogP contribution in [-0.2, 0) is 0 Å². The molecule has 5 heteroatoms. The first kappa shape index (κ1) is 14.1. The molecule has 0 aliphatic carbocycles. The number of rotatable bonds is 3. The van der Waals surface area contributed by atoms with E-state index < -0.39 is 0 Å². The first-order valence-corrected chi connectivity index (χ1v) is 6.33. The van der Waals surface area contributed by atoms with Gasteiger partial charge in [-0.05, 0) is 31.2 Å². The molecule has 0 aromatic heterocycles. The molecule has 0 aliphatic rings. The van der Waals surface area contributed by atoms with Crippen LogP contribution in [0.3, 0.4) is 0 Å². The van der Waals surface area contributed by atoms with Crippen LogP contribution in [0.2, 0.25) is 5.02 Å². The fourth-order valence-corrected chi connectivity index (χ4v) is 1.88. The van der Waals surface area contributed by atoms with Crippen molar-refractivity contribution >= 4 is 23.7 Å². The predicted octanol–water partition coefficient (Wildman–Crippen LogP) is 3.12. The summed E-state index contributed by atoms with van der Waals surface area (Å²) in [6, 6.07) is 11.9. The third kappa shape index (κ3) is 3.36. The number of halogens is 1. The third-order valence-corrected chi connectivity index (χ3v) is 3.00. The molecule has 20 heavy (non-hydrogen) atoms. The van der Waals surface area contributed by atoms with E-state index in [0.717, 1.165) is 5.56 Å². The highest BCUT2D eigenvalue weighted by molar-refractivity contribution is 6.33. The van der Waals surface area contributed by atoms with E-state index in [9.17, 15) is 9.90 Å². The van der Waals surface area contributed by atoms with Gasteiger partial charge in [-0.3, -0.25) is 4.79 Å². The van der Waals surface area contributed by atoms with Crippen LogP contribution in [0.5, 0.6) is 5.75 Å². The first-order valence-electron chi connectivity index (χ1n) is 5.95. The van der Waals surface area contributed by atoms with Crippen LogP contribution in [0.4, 0.5) is 0 Å². The molecule has 4 nitrogen and oxygen atoms in total. The van der Waals surface area contributed by atoms with Gasteiger partial charge in [0.25, 0.3) is 5.91 Å². The Balaban J connectivity index is 2.09. The zero-order chi connectivity index (χ0) is 14.5. The number of carbonyl (C=O) groups excluding carboxylic acids is 1. The number of carbonyl (C=O) groups is 1. The quantitative estimate of drug-likeness (QED) is 0.673. The van der Waals surface area contributed by atoms with E-state index in [1.807, 2.05) is 13.0 Å². The van der Waals surface area contributed by atoms with Gasteiger partial charge >= 0.3 is 0 Å². The lowest BCUT2D eigenvalue weighted by molar-refractivity contribution is 0.0955. The summed E-state index contributed by atoms with van der Waals surface area (Å²) in [4.78, 5) is 11.8. The maximum atomic E-state index is 11.8. The summed E-state index contributed by atoms with van der Waals surface area (Å²) in [5, 5.41) is 13.8. The molecule has 0 aliphatic heterocycles. The number of hydrogen-bond acceptors (Lipinski definition) is 3. The van der Waals surface area contributed by atoms with Crippen molar-refractivity contribution in [3.05, 3.63) is 64.2 Å². The average molecular weight is 289 g/mol. The van der Waals surface area contributed by atoms with Gasteiger partial charge in [-0.2, -0.15) is 5.10 Å². The SMILES string of the molecule is Cc1cccc(C(=O)N/N=C\c2c(O)cccc2Cl)c1. The van der Waals surface area contributed by atoms with Crippen molar-refractivity contribution in [3.63, 3.8) is 0 Å². The molecule has 0 fully saturated rings. The number of phenols is 1. The lowest BCUT2D eigenvalue weighted by Crippen LogP contribution is -2.17. The van der Waals surface area contributed by atoms with Crippen LogP contribution in [-0.4, -0.2) is 17.2 Å². The molecule has 0 spiro atoms. The van der Waals surface area contributed by atoms with Crippen LogP contribution < -0.4 is 5.43 Å². The van der Waals surface area contributed by atoms with E-state index in [0.29, 0.717) is 16.1 Å². The summed E-state index contributed by atoms with van der Waals surface area (Å²) in [5.41, 5.74) is 4.26. The number of hydrogen-bond donors (Lipinski definition) is 2. The van der Waals surface area contributed by atoms with Gasteiger partial charge in [0.1, 0.15) is 5.75 Å². The summed E-state index contributed by atoms with van der Waals surface area (Å²) in [5.74, 6) is -0.317. The zero-order valence-corrected chi connectivity index (χ0v) is 11.6. The molecule has 0 heterocycles. The standard InChI is InChI=1S/C15H13ClN2O2/c1-10-4-2-5-11(8-10)15(20)18-17-9-12-13(16)6-3-7-14(12)19/h2-9,19H,1H3,(H,18,20)/b17-9-. The van der Waals surface area contributed by atoms with E-state index >= 15 is 0 Å². The van der Waals surface area contributed by atoms with Crippen molar-refractivity contribution in [2.24, 2.45) is 5.10 Å². The molecule has 102 valence electrons. The smallest absolute Gasteiger partial charge is 0.271 e. The number of nitrogens with zero attached hydrogens (tertiary/aromatic N) is 1. The number of amides is 1. The van der Waals surface area contributed by atoms with Gasteiger partial charge in [0.05, 0.1) is 16.8 Å². The topological polar surface area (TPSA) is 61.7 Å². The molecule has 0 unspecified atom stereocenters. The van der Waals surface area contributed by atoms with Crippen LogP contribution in [0.15, 0.2) is 47.6 Å². The number of nitrogens with one attached hydrogen (secondary N) is 1. The summed E-state index contributed by atoms with van der Waals surface area (Å²) >= 11 is 5.92. The van der Waals surface area contributed by atoms with Gasteiger partial charge in [0, 0.05) is 5.56 Å². The third-order valence-electron chi connectivity index (χ3n) is 2.67. The first-order chi connectivity index (χ1) is 9.58. The van der Waals surface area contributed by atoms with Gasteiger partial charge < -0.3 is 5.11 Å². The molecule has 0 saturated heterocycles. The zero-order valence-electron chi connectivity index (χ0n) is 10.8. The summed E-state index contributed by atoms with van der Waals surface area (Å²) in [6.45, 7) is 1.90. The molecule has 2 aromatic carbocycles. The molecule has 0 bridgehead atoms. The number of aryl methyl sites for hydroxylation is 1. The molecular formula is C15H13ClN2O2. The van der Waals surface area contributed by atoms with Crippen LogP contribution in [0.1, 0.15) is 21.5 Å². The van der Waals surface area contributed by atoms with Crippen molar-refractivity contribution in [1.29, 1.82) is 0 Å². The fraction of sp³-hybridized carbons (Fsp3) is 0.0667. The Morgan fingerprint density at radius 2 is 2.05 bits per heavy atom. The van der Waals surface area contributed by atoms with E-state index in [-0.39, 0.29) is 11.7 Å². The van der Waals surface area contributed by atoms with E-state index in [1.165, 1.54) is 12.3 Å². The summed E-state index contributed by atoms with van der Waals surface area (Å²) < 4.78 is 0. The second-order valence-electron chi connectivity index (χ2n) is 4.24. The van der Waals surface area contributed by atoms with Gasteiger partial charge in [-0.15, -0.1) is 0 Å². The summed E-state index contributed by atoms with van der Waals surface area (Å²) in [7, 11) is 0. The summed E-state index contributed by atoms with van der Waals surface area (Å²) in [6.07, 6.45) is 1.31. The van der Waals surface area contributed by atoms with E-state index in [1.54, 1.807) is 30.3 Å². The Bertz CT molecular complexity index is 648. The minimum atomic E-state index is -0.323. The van der Waals surface area contributed by atoms with Crippen molar-refractivity contribution < 1.29 is 9.90 Å². The van der Waals surface area contributed by atoms with E-state index in [4.69, 9.17) is 11.6 Å². The predicted molar refractivity (Wildman–Crippen MR) is 79.4 cm³/mol. The Labute approximate surface area is 121 Å². The van der Waals surface area contributed by atoms with E-state index in [2.05, 4.69) is 10.5 Å². The van der Waals surface area contributed by atoms with Crippen LogP contribution in [0, 0.1) is 6.92 Å². The second-order valence-corrected chi connectivity index (χ2v) is 4.65. The highest BCUT2D eigenvalue weighted by Crippen LogP contribution is 2.22. The minimum absolute atomic E-state index is 0.00561. The average Bonchev–Trinajstić information content (AvgIpc) is 2.42. The van der Waals surface area contributed by atoms with Gasteiger partial charge in [-0.25, -0.2) is 5.43 Å². The van der Waals surface area contributed by atoms with Crippen LogP contribution >= 0.6 is 11.6 Å². The molecule has 0 radical (unpaired) electrons. The normalized spacial score (nSPS) is 10.7. The lowest BCUT2D eigenvalue weighted by Gasteiger charge is -2.02. The molecule has 2 aromatic rings. The molecular weight excluding hydrogens is 276 g/mol. The molecule has 2 rings (SSSR count). The number of aromatic hydroxyl groups is 1. The Morgan fingerprint density at radius 3 is 2.75 bits per heavy atom. The molecule has 0 atom stereocenters. The Kier molecular flexibility index (Phi) is 4.38. The monoisotopic (exact) mass is 288 g/mol. The second kappa shape index (κ2) is 6.21. The Morgan fingerprint density at radius 1 is 1.30 bits per heavy atom. The lowest BCUT2D eigenvalue weighted by atomic mass is 10.1. The fourth-order valence-electron chi connectivity index (χ4n) is 1.66. The highest BCUT2D eigenvalue weighted by atomic mass is 35.5. The Hall–Kier alpha value is -2.33. The maximum Gasteiger partial charge on any atom is 0.271 e. The van der Waals surface area contributed by atoms with Gasteiger partial charge in [-0.1, -0.05) is 35.4 Å². The van der Waals surface area contributed by atoms with Crippen molar-refractivity contribution in [3.8, 4) is 5.75 Å². The number of phenolic OH excluding ortho intramolecular Hbond substituents is 1. The number of benzene rings is 2.